The highest BCUT2D eigenvalue weighted by molar-refractivity contribution is 7.90. The average molecular weight is 385 g/mol. The fraction of sp³-hybridized carbons (Fsp3) is 0.300. The van der Waals surface area contributed by atoms with E-state index in [0.717, 1.165) is 0 Å². The fourth-order valence-electron chi connectivity index (χ4n) is 2.99. The molecule has 0 aliphatic heterocycles. The van der Waals surface area contributed by atoms with Gasteiger partial charge in [-0.05, 0) is 44.8 Å². The number of aryl methyl sites for hydroxylation is 1. The number of nitrogens with zero attached hydrogens (tertiary/aromatic N) is 3. The van der Waals surface area contributed by atoms with Crippen LogP contribution in [0.4, 0.5) is 5.82 Å². The van der Waals surface area contributed by atoms with Gasteiger partial charge in [-0.1, -0.05) is 29.8 Å². The van der Waals surface area contributed by atoms with Crippen molar-refractivity contribution in [3.63, 3.8) is 0 Å². The van der Waals surface area contributed by atoms with Crippen LogP contribution < -0.4 is 5.32 Å². The Morgan fingerprint density at radius 2 is 1.78 bits per heavy atom. The van der Waals surface area contributed by atoms with Gasteiger partial charge < -0.3 is 10.2 Å². The molecule has 1 aromatic heterocycles. The summed E-state index contributed by atoms with van der Waals surface area (Å²) in [5.41, 5.74) is 3.13. The predicted molar refractivity (Wildman–Crippen MR) is 109 cm³/mol. The molecule has 0 bridgehead atoms. The maximum atomic E-state index is 11.9. The summed E-state index contributed by atoms with van der Waals surface area (Å²) in [7, 11) is 0.773. The molecule has 2 aromatic carbocycles. The molecular weight excluding hydrogens is 360 g/mol. The summed E-state index contributed by atoms with van der Waals surface area (Å²) in [6.07, 6.45) is 2.69. The van der Waals surface area contributed by atoms with E-state index in [2.05, 4.69) is 51.4 Å². The molecule has 0 fully saturated rings. The van der Waals surface area contributed by atoms with E-state index in [9.17, 15) is 8.42 Å². The molecule has 7 heteroatoms. The number of sulfone groups is 1. The van der Waals surface area contributed by atoms with Crippen LogP contribution in [0.5, 0.6) is 0 Å². The molecule has 0 spiro atoms. The average Bonchev–Trinajstić information content (AvgIpc) is 2.62. The van der Waals surface area contributed by atoms with Crippen molar-refractivity contribution < 1.29 is 8.42 Å². The van der Waals surface area contributed by atoms with Crippen molar-refractivity contribution >= 4 is 26.6 Å². The molecular formula is C20H24N4O2S. The van der Waals surface area contributed by atoms with E-state index < -0.39 is 9.84 Å². The highest BCUT2D eigenvalue weighted by atomic mass is 32.2. The van der Waals surface area contributed by atoms with Crippen LogP contribution in [0.15, 0.2) is 53.7 Å². The highest BCUT2D eigenvalue weighted by Gasteiger charge is 2.16. The van der Waals surface area contributed by atoms with Gasteiger partial charge in [0.05, 0.1) is 16.5 Å². The Morgan fingerprint density at radius 3 is 2.41 bits per heavy atom. The lowest BCUT2D eigenvalue weighted by Gasteiger charge is -2.25. The largest absolute Gasteiger partial charge is 0.368 e. The third-order valence-corrected chi connectivity index (χ3v) is 5.69. The molecule has 6 nitrogen and oxygen atoms in total. The van der Waals surface area contributed by atoms with E-state index in [4.69, 9.17) is 0 Å². The highest BCUT2D eigenvalue weighted by Crippen LogP contribution is 2.25. The van der Waals surface area contributed by atoms with E-state index in [1.165, 1.54) is 23.7 Å². The van der Waals surface area contributed by atoms with Gasteiger partial charge in [-0.25, -0.2) is 18.4 Å². The van der Waals surface area contributed by atoms with Gasteiger partial charge in [0.25, 0.3) is 0 Å². The molecule has 0 saturated heterocycles. The first-order valence-electron chi connectivity index (χ1n) is 8.67. The van der Waals surface area contributed by atoms with Gasteiger partial charge in [-0.15, -0.1) is 0 Å². The second kappa shape index (κ2) is 7.62. The van der Waals surface area contributed by atoms with Gasteiger partial charge in [0.15, 0.2) is 9.84 Å². The van der Waals surface area contributed by atoms with Gasteiger partial charge in [0.2, 0.25) is 0 Å². The summed E-state index contributed by atoms with van der Waals surface area (Å²) in [5, 5.41) is 4.07. The quantitative estimate of drug-likeness (QED) is 0.704. The van der Waals surface area contributed by atoms with Crippen LogP contribution in [0.25, 0.3) is 10.9 Å². The fourth-order valence-corrected chi connectivity index (χ4v) is 3.63. The van der Waals surface area contributed by atoms with Crippen LogP contribution in [-0.4, -0.2) is 50.2 Å². The maximum Gasteiger partial charge on any atom is 0.175 e. The Morgan fingerprint density at radius 1 is 1.07 bits per heavy atom. The molecule has 0 radical (unpaired) electrons. The minimum Gasteiger partial charge on any atom is -0.368 e. The van der Waals surface area contributed by atoms with Crippen LogP contribution in [-0.2, 0) is 9.84 Å². The van der Waals surface area contributed by atoms with Gasteiger partial charge in [-0.3, -0.25) is 0 Å². The number of hydrogen-bond donors (Lipinski definition) is 1. The third kappa shape index (κ3) is 4.43. The zero-order chi connectivity index (χ0) is 19.6. The Kier molecular flexibility index (Phi) is 5.43. The second-order valence-electron chi connectivity index (χ2n) is 6.94. The lowest BCUT2D eigenvalue weighted by atomic mass is 10.0. The van der Waals surface area contributed by atoms with Gasteiger partial charge in [0, 0.05) is 18.2 Å². The minimum atomic E-state index is -3.29. The SMILES string of the molecule is Cc1ccc(C(CNc2ncnc3ccc(S(C)(=O)=O)cc23)N(C)C)cc1. The second-order valence-corrected chi connectivity index (χ2v) is 8.96. The normalized spacial score (nSPS) is 13.1. The summed E-state index contributed by atoms with van der Waals surface area (Å²) in [5.74, 6) is 0.629. The molecule has 142 valence electrons. The molecule has 1 heterocycles. The number of fused-ring (bicyclic) bond motifs is 1. The molecule has 3 rings (SSSR count). The topological polar surface area (TPSA) is 75.2 Å². The van der Waals surface area contributed by atoms with E-state index in [-0.39, 0.29) is 10.9 Å². The van der Waals surface area contributed by atoms with Crippen LogP contribution in [0.1, 0.15) is 17.2 Å². The van der Waals surface area contributed by atoms with Crippen LogP contribution in [0.3, 0.4) is 0 Å². The van der Waals surface area contributed by atoms with Gasteiger partial charge >= 0.3 is 0 Å². The molecule has 3 aromatic rings. The number of likely N-dealkylation sites (N-methyl/N-ethyl adjacent to an activating group) is 1. The molecule has 0 aliphatic carbocycles. The first-order chi connectivity index (χ1) is 12.8. The van der Waals surface area contributed by atoms with Crippen molar-refractivity contribution in [2.45, 2.75) is 17.9 Å². The molecule has 1 N–H and O–H groups in total. The number of hydrogen-bond acceptors (Lipinski definition) is 6. The number of anilines is 1. The van der Waals surface area contributed by atoms with Crippen molar-refractivity contribution in [2.24, 2.45) is 0 Å². The summed E-state index contributed by atoms with van der Waals surface area (Å²) >= 11 is 0. The Labute approximate surface area is 160 Å². The number of nitrogens with one attached hydrogen (secondary N) is 1. The predicted octanol–water partition coefficient (Wildman–Crippen LogP) is 3.06. The van der Waals surface area contributed by atoms with E-state index in [1.807, 2.05) is 14.1 Å². The van der Waals surface area contributed by atoms with E-state index in [0.29, 0.717) is 23.3 Å². The molecule has 0 aliphatic rings. The van der Waals surface area contributed by atoms with Crippen LogP contribution in [0.2, 0.25) is 0 Å². The van der Waals surface area contributed by atoms with Crippen molar-refractivity contribution in [3.8, 4) is 0 Å². The van der Waals surface area contributed by atoms with Gasteiger partial charge in [-0.2, -0.15) is 0 Å². The summed E-state index contributed by atoms with van der Waals surface area (Å²) in [4.78, 5) is 11.0. The van der Waals surface area contributed by atoms with Crippen molar-refractivity contribution in [1.82, 2.24) is 14.9 Å². The monoisotopic (exact) mass is 384 g/mol. The van der Waals surface area contributed by atoms with Crippen molar-refractivity contribution in [1.29, 1.82) is 0 Å². The zero-order valence-corrected chi connectivity index (χ0v) is 16.8. The maximum absolute atomic E-state index is 11.9. The first kappa shape index (κ1) is 19.3. The molecule has 1 atom stereocenters. The Balaban J connectivity index is 1.92. The zero-order valence-electron chi connectivity index (χ0n) is 16.0. The number of rotatable bonds is 6. The Bertz CT molecular complexity index is 1050. The summed E-state index contributed by atoms with van der Waals surface area (Å²) < 4.78 is 23.8. The van der Waals surface area contributed by atoms with E-state index in [1.54, 1.807) is 18.2 Å². The summed E-state index contributed by atoms with van der Waals surface area (Å²) in [6.45, 7) is 2.70. The lowest BCUT2D eigenvalue weighted by molar-refractivity contribution is 0.311. The van der Waals surface area contributed by atoms with Crippen molar-refractivity contribution in [2.75, 3.05) is 32.2 Å². The molecule has 0 saturated carbocycles. The standard InChI is InChI=1S/C20H24N4O2S/c1-14-5-7-15(8-6-14)19(24(2)3)12-21-20-17-11-16(27(4,25)26)9-10-18(17)22-13-23-20/h5-11,13,19H,12H2,1-4H3,(H,21,22,23). The van der Waals surface area contributed by atoms with E-state index >= 15 is 0 Å². The molecule has 27 heavy (non-hydrogen) atoms. The smallest absolute Gasteiger partial charge is 0.175 e. The van der Waals surface area contributed by atoms with Gasteiger partial charge in [0.1, 0.15) is 12.1 Å². The van der Waals surface area contributed by atoms with Crippen LogP contribution in [0, 0.1) is 6.92 Å². The Hall–Kier alpha value is -2.51. The lowest BCUT2D eigenvalue weighted by Crippen LogP contribution is -2.27. The van der Waals surface area contributed by atoms with Crippen LogP contribution >= 0.6 is 0 Å². The first-order valence-corrected chi connectivity index (χ1v) is 10.6. The van der Waals surface area contributed by atoms with Crippen molar-refractivity contribution in [3.05, 3.63) is 59.9 Å². The molecule has 1 unspecified atom stereocenters. The minimum absolute atomic E-state index is 0.147. The number of benzene rings is 2. The molecule has 0 amide bonds. The number of aromatic nitrogens is 2. The third-order valence-electron chi connectivity index (χ3n) is 4.58. The summed E-state index contributed by atoms with van der Waals surface area (Å²) in [6, 6.07) is 13.5.